The van der Waals surface area contributed by atoms with E-state index in [2.05, 4.69) is 12.3 Å². The molecule has 11 heteroatoms. The third-order valence-electron chi connectivity index (χ3n) is 5.97. The van der Waals surface area contributed by atoms with Gasteiger partial charge in [0.2, 0.25) is 0 Å². The van der Waals surface area contributed by atoms with Crippen molar-refractivity contribution in [1.82, 2.24) is 10.4 Å². The van der Waals surface area contributed by atoms with Gasteiger partial charge in [-0.2, -0.15) is 21.6 Å². The number of para-hydroxylation sites is 1. The second kappa shape index (κ2) is 11.6. The molecular weight excluding hydrogens is 507 g/mol. The summed E-state index contributed by atoms with van der Waals surface area (Å²) in [4.78, 5) is 12.9. The van der Waals surface area contributed by atoms with E-state index in [-0.39, 0.29) is 30.2 Å². The lowest BCUT2D eigenvalue weighted by Gasteiger charge is -2.26. The summed E-state index contributed by atoms with van der Waals surface area (Å²) in [5, 5.41) is 2.04. The molecule has 2 N–H and O–H groups in total. The summed E-state index contributed by atoms with van der Waals surface area (Å²) in [6.45, 7) is 8.81. The van der Waals surface area contributed by atoms with Crippen LogP contribution >= 0.6 is 0 Å². The number of nitrogens with one attached hydrogen (secondary N) is 2. The van der Waals surface area contributed by atoms with Crippen molar-refractivity contribution in [2.24, 2.45) is 5.92 Å². The Morgan fingerprint density at radius 2 is 1.76 bits per heavy atom. The first kappa shape index (κ1) is 28.5. The Morgan fingerprint density at radius 1 is 1.11 bits per heavy atom. The Hall–Kier alpha value is -3.05. The fourth-order valence-corrected chi connectivity index (χ4v) is 4.84. The van der Waals surface area contributed by atoms with Gasteiger partial charge in [0.1, 0.15) is 0 Å². The smallest absolute Gasteiger partial charge is 0.463 e. The molecule has 37 heavy (non-hydrogen) atoms. The number of hydrogen-bond acceptors (Lipinski definition) is 6. The number of carbonyl (C=O) groups is 1. The largest absolute Gasteiger partial charge is 0.516 e. The van der Waals surface area contributed by atoms with Crippen molar-refractivity contribution >= 4 is 21.7 Å². The van der Waals surface area contributed by atoms with Gasteiger partial charge in [0.05, 0.1) is 23.9 Å². The first-order valence-corrected chi connectivity index (χ1v) is 13.6. The quantitative estimate of drug-likeness (QED) is 0.402. The molecule has 0 saturated carbocycles. The summed E-state index contributed by atoms with van der Waals surface area (Å²) in [5.41, 5.74) is 0.973. The van der Waals surface area contributed by atoms with Gasteiger partial charge in [0.25, 0.3) is 0 Å². The third kappa shape index (κ3) is 6.45. The van der Waals surface area contributed by atoms with Crippen LogP contribution in [-0.4, -0.2) is 44.1 Å². The van der Waals surface area contributed by atoms with Crippen molar-refractivity contribution in [2.75, 3.05) is 17.9 Å². The number of hydrazine groups is 1. The molecule has 1 aliphatic rings. The first-order chi connectivity index (χ1) is 17.4. The van der Waals surface area contributed by atoms with Crippen LogP contribution in [0.5, 0.6) is 0 Å². The molecule has 3 rings (SSSR count). The number of carbonyl (C=O) groups excluding carboxylic acids is 1. The Kier molecular flexibility index (Phi) is 8.91. The Bertz CT molecular complexity index is 1240. The minimum Gasteiger partial charge on any atom is -0.463 e. The lowest BCUT2D eigenvalue weighted by Crippen LogP contribution is -2.42. The number of sulfonamides is 1. The van der Waals surface area contributed by atoms with Gasteiger partial charge in [-0.05, 0) is 42.9 Å². The SMILES string of the molecule is CCCN1NC(C(C)C)=C(C(=O)OCC)C1Cc1ccc(-c2ccccc2NS(=O)(=O)C(F)(F)F)cc1. The molecule has 1 atom stereocenters. The zero-order chi connectivity index (χ0) is 27.4. The second-order valence-corrected chi connectivity index (χ2v) is 10.7. The molecule has 0 aliphatic carbocycles. The molecule has 0 spiro atoms. The molecule has 0 saturated heterocycles. The van der Waals surface area contributed by atoms with Crippen LogP contribution in [0.3, 0.4) is 0 Å². The predicted molar refractivity (Wildman–Crippen MR) is 137 cm³/mol. The molecule has 2 aromatic rings. The molecule has 202 valence electrons. The number of allylic oxidation sites excluding steroid dienone is 1. The number of benzene rings is 2. The lowest BCUT2D eigenvalue weighted by molar-refractivity contribution is -0.139. The third-order valence-corrected chi connectivity index (χ3v) is 7.07. The minimum absolute atomic E-state index is 0.0862. The number of anilines is 1. The highest BCUT2D eigenvalue weighted by atomic mass is 32.2. The highest BCUT2D eigenvalue weighted by Crippen LogP contribution is 2.33. The number of esters is 1. The van der Waals surface area contributed by atoms with E-state index < -0.39 is 15.5 Å². The lowest BCUT2D eigenvalue weighted by atomic mass is 9.94. The maximum Gasteiger partial charge on any atom is 0.516 e. The van der Waals surface area contributed by atoms with Gasteiger partial charge in [0.15, 0.2) is 0 Å². The molecule has 0 radical (unpaired) electrons. The Balaban J connectivity index is 1.91. The standard InChI is InChI=1S/C26H32F3N3O4S/c1-5-15-32-22(23(25(33)36-6-2)24(30-32)17(3)4)16-18-11-13-19(14-12-18)20-9-7-8-10-21(20)31-37(34,35)26(27,28)29/h7-14,17,22,30-31H,5-6,15-16H2,1-4H3. The van der Waals surface area contributed by atoms with Crippen molar-refractivity contribution in [2.45, 2.75) is 52.1 Å². The normalized spacial score (nSPS) is 16.7. The Morgan fingerprint density at radius 3 is 2.32 bits per heavy atom. The predicted octanol–water partition coefficient (Wildman–Crippen LogP) is 5.23. The molecule has 1 aliphatic heterocycles. The van der Waals surface area contributed by atoms with E-state index in [1.54, 1.807) is 35.9 Å². The summed E-state index contributed by atoms with van der Waals surface area (Å²) in [5.74, 6) is -0.270. The highest BCUT2D eigenvalue weighted by molar-refractivity contribution is 7.93. The van der Waals surface area contributed by atoms with E-state index in [1.165, 1.54) is 12.1 Å². The Labute approximate surface area is 215 Å². The maximum absolute atomic E-state index is 12.9. The summed E-state index contributed by atoms with van der Waals surface area (Å²) in [6, 6.07) is 12.7. The summed E-state index contributed by atoms with van der Waals surface area (Å²) in [7, 11) is -5.56. The molecular formula is C26H32F3N3O4S. The minimum atomic E-state index is -5.56. The van der Waals surface area contributed by atoms with Crippen molar-refractivity contribution in [3.8, 4) is 11.1 Å². The van der Waals surface area contributed by atoms with E-state index in [1.807, 2.05) is 31.0 Å². The van der Waals surface area contributed by atoms with E-state index in [0.717, 1.165) is 17.7 Å². The summed E-state index contributed by atoms with van der Waals surface area (Å²) >= 11 is 0. The monoisotopic (exact) mass is 539 g/mol. The molecule has 1 unspecified atom stereocenters. The van der Waals surface area contributed by atoms with Crippen LogP contribution in [0.4, 0.5) is 18.9 Å². The van der Waals surface area contributed by atoms with Crippen molar-refractivity contribution in [3.63, 3.8) is 0 Å². The van der Waals surface area contributed by atoms with Crippen molar-refractivity contribution < 1.29 is 31.1 Å². The molecule has 0 amide bonds. The van der Waals surface area contributed by atoms with Gasteiger partial charge >= 0.3 is 21.5 Å². The first-order valence-electron chi connectivity index (χ1n) is 12.1. The number of nitrogens with zero attached hydrogens (tertiary/aromatic N) is 1. The highest BCUT2D eigenvalue weighted by Gasteiger charge is 2.46. The van der Waals surface area contributed by atoms with Crippen molar-refractivity contribution in [1.29, 1.82) is 0 Å². The maximum atomic E-state index is 12.9. The number of hydrogen-bond donors (Lipinski definition) is 2. The number of alkyl halides is 3. The van der Waals surface area contributed by atoms with Crippen LogP contribution in [0.2, 0.25) is 0 Å². The van der Waals surface area contributed by atoms with E-state index >= 15 is 0 Å². The average molecular weight is 540 g/mol. The average Bonchev–Trinajstić information content (AvgIpc) is 3.18. The van der Waals surface area contributed by atoms with Crippen molar-refractivity contribution in [3.05, 3.63) is 65.4 Å². The molecule has 7 nitrogen and oxygen atoms in total. The van der Waals surface area contributed by atoms with Crippen LogP contribution in [0.25, 0.3) is 11.1 Å². The second-order valence-electron chi connectivity index (χ2n) is 9.02. The molecule has 2 aromatic carbocycles. The van der Waals surface area contributed by atoms with Gasteiger partial charge in [0, 0.05) is 17.8 Å². The van der Waals surface area contributed by atoms with E-state index in [9.17, 15) is 26.4 Å². The van der Waals surface area contributed by atoms with Gasteiger partial charge in [-0.15, -0.1) is 0 Å². The zero-order valence-electron chi connectivity index (χ0n) is 21.2. The van der Waals surface area contributed by atoms with Crippen LogP contribution in [0, 0.1) is 5.92 Å². The molecule has 1 heterocycles. The topological polar surface area (TPSA) is 87.7 Å². The number of ether oxygens (including phenoxy) is 1. The van der Waals surface area contributed by atoms with Crippen LogP contribution in [-0.2, 0) is 26.0 Å². The fourth-order valence-electron chi connectivity index (χ4n) is 4.26. The van der Waals surface area contributed by atoms with Gasteiger partial charge in [-0.1, -0.05) is 63.2 Å². The van der Waals surface area contributed by atoms with E-state index in [4.69, 9.17) is 4.74 Å². The number of halogens is 3. The fraction of sp³-hybridized carbons (Fsp3) is 0.423. The van der Waals surface area contributed by atoms with Gasteiger partial charge < -0.3 is 10.2 Å². The van der Waals surface area contributed by atoms with Crippen LogP contribution < -0.4 is 10.1 Å². The van der Waals surface area contributed by atoms with Gasteiger partial charge in [-0.25, -0.2) is 9.80 Å². The molecule has 0 fully saturated rings. The van der Waals surface area contributed by atoms with E-state index in [0.29, 0.717) is 29.7 Å². The molecule has 0 bridgehead atoms. The van der Waals surface area contributed by atoms with Crippen LogP contribution in [0.15, 0.2) is 59.8 Å². The zero-order valence-corrected chi connectivity index (χ0v) is 22.0. The summed E-state index contributed by atoms with van der Waals surface area (Å²) < 4.78 is 69.0. The summed E-state index contributed by atoms with van der Waals surface area (Å²) in [6.07, 6.45) is 1.37. The molecule has 0 aromatic heterocycles. The number of rotatable bonds is 10. The van der Waals surface area contributed by atoms with Crippen LogP contribution in [0.1, 0.15) is 39.7 Å². The van der Waals surface area contributed by atoms with Gasteiger partial charge in [-0.3, -0.25) is 4.72 Å².